The number of hydrogen-bond acceptors (Lipinski definition) is 4. The number of carbonyl (C=O) groups excluding carboxylic acids is 2. The molecule has 0 aliphatic heterocycles. The Morgan fingerprint density at radius 2 is 1.50 bits per heavy atom. The molecule has 0 bridgehead atoms. The van der Waals surface area contributed by atoms with E-state index >= 15 is 0 Å². The molecule has 107 valence electrons. The Kier molecular flexibility index (Phi) is 7.29. The number of carbonyl (C=O) groups is 2. The molecule has 0 N–H and O–H groups in total. The number of rotatable bonds is 2. The molecule has 0 fully saturated rings. The van der Waals surface area contributed by atoms with Gasteiger partial charge in [-0.05, 0) is 34.9 Å². The zero-order valence-corrected chi connectivity index (χ0v) is 11.6. The molecule has 2 aromatic rings. The van der Waals surface area contributed by atoms with Gasteiger partial charge in [-0.1, -0.05) is 43.0 Å². The van der Waals surface area contributed by atoms with Crippen LogP contribution in [0, 0.1) is 0 Å². The van der Waals surface area contributed by atoms with Crippen molar-refractivity contribution in [2.75, 3.05) is 0 Å². The second-order valence-electron chi connectivity index (χ2n) is 3.92. The van der Waals surface area contributed by atoms with E-state index < -0.39 is 11.9 Å². The van der Waals surface area contributed by atoms with Crippen LogP contribution in [0.3, 0.4) is 0 Å². The summed E-state index contributed by atoms with van der Waals surface area (Å²) in [6, 6.07) is 12.6. The smallest absolute Gasteiger partial charge is 0.545 e. The van der Waals surface area contributed by atoms with Gasteiger partial charge in [-0.3, -0.25) is 0 Å². The number of aliphatic carboxylic acids is 1. The third-order valence-electron chi connectivity index (χ3n) is 2.33. The van der Waals surface area contributed by atoms with E-state index in [1.165, 1.54) is 6.92 Å². The molecule has 0 spiro atoms. The molecule has 0 aromatic heterocycles. The van der Waals surface area contributed by atoms with Gasteiger partial charge in [0.1, 0.15) is 0 Å². The fraction of sp³-hybridized carbons (Fsp3) is 0.0667. The van der Waals surface area contributed by atoms with Gasteiger partial charge in [0.2, 0.25) is 0 Å². The van der Waals surface area contributed by atoms with Gasteiger partial charge in [-0.25, -0.2) is 0 Å². The van der Waals surface area contributed by atoms with Gasteiger partial charge >= 0.3 is 17.1 Å². The summed E-state index contributed by atoms with van der Waals surface area (Å²) in [5.74, 6) is -2.32. The van der Waals surface area contributed by atoms with Crippen LogP contribution in [0.5, 0.6) is 0 Å². The number of carboxylic acid groups (broad SMARTS) is 2. The van der Waals surface area contributed by atoms with Crippen LogP contribution in [0.1, 0.15) is 17.3 Å². The van der Waals surface area contributed by atoms with Crippen LogP contribution in [0.15, 0.2) is 54.6 Å². The van der Waals surface area contributed by atoms with E-state index in [4.69, 9.17) is 0 Å². The Morgan fingerprint density at radius 1 is 1.00 bits per heavy atom. The van der Waals surface area contributed by atoms with Gasteiger partial charge in [-0.15, -0.1) is 0 Å². The van der Waals surface area contributed by atoms with Crippen LogP contribution in [-0.2, 0) is 21.9 Å². The van der Waals surface area contributed by atoms with Gasteiger partial charge in [0.15, 0.2) is 0 Å². The minimum absolute atomic E-state index is 0. The zero-order valence-electron chi connectivity index (χ0n) is 10.7. The summed E-state index contributed by atoms with van der Waals surface area (Å²) >= 11 is 0. The van der Waals surface area contributed by atoms with Crippen LogP contribution >= 0.6 is 0 Å². The normalized spacial score (nSPS) is 8.85. The Balaban J connectivity index is 0.000000448. The molecule has 0 saturated carbocycles. The summed E-state index contributed by atoms with van der Waals surface area (Å²) in [4.78, 5) is 20.0. The Bertz CT molecular complexity index is 623. The Morgan fingerprint density at radius 3 is 1.95 bits per heavy atom. The predicted octanol–water partition coefficient (Wildman–Crippen LogP) is 0.513. The molecule has 0 unspecified atom stereocenters. The SMILES string of the molecule is C=C(C)C(=O)[O-].O=C([O-])c1ccc2ccccc2c1.[Cu+2]. The van der Waals surface area contributed by atoms with Gasteiger partial charge in [0.25, 0.3) is 0 Å². The predicted molar refractivity (Wildman–Crippen MR) is 68.1 cm³/mol. The monoisotopic (exact) mass is 319 g/mol. The molecule has 2 rings (SSSR count). The van der Waals surface area contributed by atoms with E-state index in [0.29, 0.717) is 0 Å². The summed E-state index contributed by atoms with van der Waals surface area (Å²) in [5, 5.41) is 22.0. The van der Waals surface area contributed by atoms with Gasteiger partial charge in [-0.2, -0.15) is 0 Å². The Labute approximate surface area is 127 Å². The van der Waals surface area contributed by atoms with Crippen molar-refractivity contribution in [1.82, 2.24) is 0 Å². The van der Waals surface area contributed by atoms with Crippen molar-refractivity contribution in [3.63, 3.8) is 0 Å². The standard InChI is InChI=1S/C11H8O2.C4H6O2.Cu/c12-11(13)10-6-5-8-3-1-2-4-9(8)7-10;1-3(2)4(5)6;/h1-7H,(H,12,13);1H2,2H3,(H,5,6);/q;;+2/p-2. The van der Waals surface area contributed by atoms with Crippen molar-refractivity contribution in [2.45, 2.75) is 6.92 Å². The summed E-state index contributed by atoms with van der Waals surface area (Å²) in [5.41, 5.74) is 0.286. The molecule has 0 atom stereocenters. The van der Waals surface area contributed by atoms with Crippen molar-refractivity contribution >= 4 is 22.7 Å². The molecular formula is C15H12CuO4. The molecular weight excluding hydrogens is 308 g/mol. The summed E-state index contributed by atoms with van der Waals surface area (Å²) in [6.45, 7) is 4.48. The van der Waals surface area contributed by atoms with Crippen LogP contribution in [-0.4, -0.2) is 11.9 Å². The zero-order chi connectivity index (χ0) is 14.4. The largest absolute Gasteiger partial charge is 2.00 e. The summed E-state index contributed by atoms with van der Waals surface area (Å²) in [7, 11) is 0. The third kappa shape index (κ3) is 5.26. The first kappa shape index (κ1) is 17.9. The van der Waals surface area contributed by atoms with Crippen molar-refractivity contribution in [3.05, 3.63) is 60.2 Å². The van der Waals surface area contributed by atoms with Crippen molar-refractivity contribution in [2.24, 2.45) is 0 Å². The molecule has 0 aliphatic carbocycles. The maximum absolute atomic E-state index is 10.5. The minimum Gasteiger partial charge on any atom is -0.545 e. The fourth-order valence-electron chi connectivity index (χ4n) is 1.32. The first-order chi connectivity index (χ1) is 8.91. The molecule has 1 radical (unpaired) electrons. The molecule has 4 nitrogen and oxygen atoms in total. The first-order valence-electron chi connectivity index (χ1n) is 5.49. The second-order valence-corrected chi connectivity index (χ2v) is 3.92. The van der Waals surface area contributed by atoms with E-state index in [-0.39, 0.29) is 28.2 Å². The van der Waals surface area contributed by atoms with Crippen molar-refractivity contribution in [3.8, 4) is 0 Å². The van der Waals surface area contributed by atoms with Crippen LogP contribution in [0.4, 0.5) is 0 Å². The number of fused-ring (bicyclic) bond motifs is 1. The molecule has 20 heavy (non-hydrogen) atoms. The molecule has 0 heterocycles. The number of aromatic carboxylic acids is 1. The first-order valence-corrected chi connectivity index (χ1v) is 5.49. The van der Waals surface area contributed by atoms with E-state index in [0.717, 1.165) is 10.8 Å². The maximum Gasteiger partial charge on any atom is 2.00 e. The van der Waals surface area contributed by atoms with Gasteiger partial charge in [0.05, 0.1) is 11.9 Å². The topological polar surface area (TPSA) is 80.3 Å². The third-order valence-corrected chi connectivity index (χ3v) is 2.33. The van der Waals surface area contributed by atoms with E-state index in [1.807, 2.05) is 24.3 Å². The summed E-state index contributed by atoms with van der Waals surface area (Å²) in [6.07, 6.45) is 0. The average Bonchev–Trinajstić information content (AvgIpc) is 2.38. The van der Waals surface area contributed by atoms with Crippen LogP contribution < -0.4 is 10.2 Å². The van der Waals surface area contributed by atoms with Crippen LogP contribution in [0.2, 0.25) is 0 Å². The van der Waals surface area contributed by atoms with Crippen LogP contribution in [0.25, 0.3) is 10.8 Å². The quantitative estimate of drug-likeness (QED) is 0.597. The molecule has 5 heteroatoms. The van der Waals surface area contributed by atoms with E-state index in [9.17, 15) is 19.8 Å². The van der Waals surface area contributed by atoms with E-state index in [2.05, 4.69) is 6.58 Å². The molecule has 0 saturated heterocycles. The average molecular weight is 320 g/mol. The Hall–Kier alpha value is -2.10. The number of benzene rings is 2. The van der Waals surface area contributed by atoms with Gasteiger partial charge in [0, 0.05) is 0 Å². The second kappa shape index (κ2) is 8.15. The number of carboxylic acids is 2. The molecule has 0 amide bonds. The fourth-order valence-corrected chi connectivity index (χ4v) is 1.32. The maximum atomic E-state index is 10.5. The van der Waals surface area contributed by atoms with Crippen molar-refractivity contribution < 1.29 is 36.9 Å². The minimum atomic E-state index is -1.19. The molecule has 0 aliphatic rings. The van der Waals surface area contributed by atoms with Crippen molar-refractivity contribution in [1.29, 1.82) is 0 Å². The van der Waals surface area contributed by atoms with Gasteiger partial charge < -0.3 is 19.8 Å². The van der Waals surface area contributed by atoms with E-state index in [1.54, 1.807) is 18.2 Å². The number of hydrogen-bond donors (Lipinski definition) is 0. The molecule has 2 aromatic carbocycles. The summed E-state index contributed by atoms with van der Waals surface area (Å²) < 4.78 is 0.